The molecule has 2 aromatic carbocycles. The molecule has 28 heavy (non-hydrogen) atoms. The van der Waals surface area contributed by atoms with Crippen LogP contribution in [0.4, 0.5) is 0 Å². The molecule has 3 rings (SSSR count). The molecule has 1 heterocycles. The van der Waals surface area contributed by atoms with Gasteiger partial charge in [0, 0.05) is 12.6 Å². The fourth-order valence-electron chi connectivity index (χ4n) is 3.70. The second-order valence-corrected chi connectivity index (χ2v) is 9.00. The molecule has 152 valence electrons. The summed E-state index contributed by atoms with van der Waals surface area (Å²) in [6, 6.07) is 16.6. The van der Waals surface area contributed by atoms with E-state index in [0.29, 0.717) is 18.3 Å². The molecule has 1 saturated heterocycles. The standard InChI is InChI=1S/C22H30N2O3S/c1-2-19-9-6-7-17-24(19)18-8-16-23-28(25,26)22-14-12-21(13-15-22)27-20-10-4-3-5-11-20/h3-5,10-15,19,23H,2,6-9,16-18H2,1H3/t19-/m1/s1. The van der Waals surface area contributed by atoms with Crippen molar-refractivity contribution >= 4 is 10.0 Å². The van der Waals surface area contributed by atoms with Gasteiger partial charge in [0.05, 0.1) is 4.90 Å². The molecule has 0 saturated carbocycles. The Balaban J connectivity index is 1.48. The maximum absolute atomic E-state index is 12.5. The molecule has 1 fully saturated rings. The number of sulfonamides is 1. The van der Waals surface area contributed by atoms with Gasteiger partial charge in [0.1, 0.15) is 11.5 Å². The Morgan fingerprint density at radius 1 is 1.04 bits per heavy atom. The van der Waals surface area contributed by atoms with Gasteiger partial charge in [0.15, 0.2) is 0 Å². The predicted octanol–water partition coefficient (Wildman–Crippen LogP) is 4.41. The van der Waals surface area contributed by atoms with E-state index in [1.807, 2.05) is 30.3 Å². The van der Waals surface area contributed by atoms with Crippen molar-refractivity contribution in [3.8, 4) is 11.5 Å². The van der Waals surface area contributed by atoms with Crippen LogP contribution < -0.4 is 9.46 Å². The van der Waals surface area contributed by atoms with Crippen molar-refractivity contribution in [1.82, 2.24) is 9.62 Å². The zero-order valence-corrected chi connectivity index (χ0v) is 17.3. The van der Waals surface area contributed by atoms with Gasteiger partial charge in [-0.1, -0.05) is 31.5 Å². The van der Waals surface area contributed by atoms with Crippen molar-refractivity contribution in [1.29, 1.82) is 0 Å². The first kappa shape index (κ1) is 20.8. The lowest BCUT2D eigenvalue weighted by Crippen LogP contribution is -2.40. The Bertz CT molecular complexity index is 823. The van der Waals surface area contributed by atoms with Gasteiger partial charge < -0.3 is 9.64 Å². The highest BCUT2D eigenvalue weighted by Gasteiger charge is 2.20. The number of hydrogen-bond donors (Lipinski definition) is 1. The molecule has 0 aromatic heterocycles. The normalized spacial score (nSPS) is 18.1. The fourth-order valence-corrected chi connectivity index (χ4v) is 4.77. The Morgan fingerprint density at radius 2 is 1.75 bits per heavy atom. The van der Waals surface area contributed by atoms with Crippen LogP contribution in [0.25, 0.3) is 0 Å². The summed E-state index contributed by atoms with van der Waals surface area (Å²) in [6.07, 6.45) is 5.82. The van der Waals surface area contributed by atoms with E-state index in [1.165, 1.54) is 25.7 Å². The van der Waals surface area contributed by atoms with E-state index in [4.69, 9.17) is 4.74 Å². The van der Waals surface area contributed by atoms with Crippen LogP contribution in [-0.4, -0.2) is 39.0 Å². The van der Waals surface area contributed by atoms with Gasteiger partial charge in [-0.2, -0.15) is 0 Å². The van der Waals surface area contributed by atoms with Crippen molar-refractivity contribution in [3.05, 3.63) is 54.6 Å². The Hall–Kier alpha value is -1.89. The SMILES string of the molecule is CC[C@@H]1CCCCN1CCCNS(=O)(=O)c1ccc(Oc2ccccc2)cc1. The lowest BCUT2D eigenvalue weighted by molar-refractivity contribution is 0.143. The van der Waals surface area contributed by atoms with Crippen molar-refractivity contribution in [2.24, 2.45) is 0 Å². The van der Waals surface area contributed by atoms with Gasteiger partial charge >= 0.3 is 0 Å². The number of ether oxygens (including phenoxy) is 1. The fraction of sp³-hybridized carbons (Fsp3) is 0.455. The molecule has 5 nitrogen and oxygen atoms in total. The Morgan fingerprint density at radius 3 is 2.46 bits per heavy atom. The average Bonchev–Trinajstić information content (AvgIpc) is 2.73. The Kier molecular flexibility index (Phi) is 7.48. The number of rotatable bonds is 9. The smallest absolute Gasteiger partial charge is 0.240 e. The van der Waals surface area contributed by atoms with Crippen LogP contribution in [-0.2, 0) is 10.0 Å². The molecule has 0 spiro atoms. The predicted molar refractivity (Wildman–Crippen MR) is 112 cm³/mol. The first-order valence-electron chi connectivity index (χ1n) is 10.1. The molecular weight excluding hydrogens is 372 g/mol. The van der Waals surface area contributed by atoms with Gasteiger partial charge in [-0.3, -0.25) is 0 Å². The van der Waals surface area contributed by atoms with Crippen molar-refractivity contribution in [3.63, 3.8) is 0 Å². The summed E-state index contributed by atoms with van der Waals surface area (Å²) in [7, 11) is -3.50. The van der Waals surface area contributed by atoms with Crippen LogP contribution in [0.5, 0.6) is 11.5 Å². The minimum absolute atomic E-state index is 0.261. The van der Waals surface area contributed by atoms with Gasteiger partial charge in [0.2, 0.25) is 10.0 Å². The maximum atomic E-state index is 12.5. The number of nitrogens with one attached hydrogen (secondary N) is 1. The second kappa shape index (κ2) is 10.0. The summed E-state index contributed by atoms with van der Waals surface area (Å²) >= 11 is 0. The molecule has 0 unspecified atom stereocenters. The van der Waals surface area contributed by atoms with Gasteiger partial charge in [-0.25, -0.2) is 13.1 Å². The second-order valence-electron chi connectivity index (χ2n) is 7.23. The first-order chi connectivity index (χ1) is 13.6. The summed E-state index contributed by atoms with van der Waals surface area (Å²) in [5, 5.41) is 0. The molecule has 0 bridgehead atoms. The van der Waals surface area contributed by atoms with E-state index in [2.05, 4.69) is 16.5 Å². The third kappa shape index (κ3) is 5.80. The molecule has 2 aromatic rings. The van der Waals surface area contributed by atoms with Crippen LogP contribution in [0, 0.1) is 0 Å². The minimum atomic E-state index is -3.50. The van der Waals surface area contributed by atoms with Crippen molar-refractivity contribution in [2.75, 3.05) is 19.6 Å². The lowest BCUT2D eigenvalue weighted by atomic mass is 10.00. The van der Waals surface area contributed by atoms with E-state index in [9.17, 15) is 8.42 Å². The van der Waals surface area contributed by atoms with Crippen LogP contribution in [0.1, 0.15) is 39.0 Å². The molecule has 6 heteroatoms. The number of piperidine rings is 1. The van der Waals surface area contributed by atoms with Crippen LogP contribution in [0.2, 0.25) is 0 Å². The molecular formula is C22H30N2O3S. The highest BCUT2D eigenvalue weighted by Crippen LogP contribution is 2.23. The van der Waals surface area contributed by atoms with Crippen LogP contribution in [0.3, 0.4) is 0 Å². The quantitative estimate of drug-likeness (QED) is 0.631. The van der Waals surface area contributed by atoms with Gasteiger partial charge in [-0.05, 0) is 75.2 Å². The number of benzene rings is 2. The summed E-state index contributed by atoms with van der Waals surface area (Å²) in [6.45, 7) is 4.77. The monoisotopic (exact) mass is 402 g/mol. The zero-order chi connectivity index (χ0) is 19.8. The van der Waals surface area contributed by atoms with Crippen LogP contribution >= 0.6 is 0 Å². The van der Waals surface area contributed by atoms with Crippen LogP contribution in [0.15, 0.2) is 59.5 Å². The Labute approximate surface area is 168 Å². The van der Waals surface area contributed by atoms with Gasteiger partial charge in [-0.15, -0.1) is 0 Å². The summed E-state index contributed by atoms with van der Waals surface area (Å²) < 4.78 is 33.4. The third-order valence-electron chi connectivity index (χ3n) is 5.25. The highest BCUT2D eigenvalue weighted by atomic mass is 32.2. The minimum Gasteiger partial charge on any atom is -0.457 e. The number of hydrogen-bond acceptors (Lipinski definition) is 4. The van der Waals surface area contributed by atoms with Crippen molar-refractivity contribution < 1.29 is 13.2 Å². The summed E-state index contributed by atoms with van der Waals surface area (Å²) in [4.78, 5) is 2.77. The number of nitrogens with zero attached hydrogens (tertiary/aromatic N) is 1. The van der Waals surface area contributed by atoms with E-state index in [1.54, 1.807) is 24.3 Å². The topological polar surface area (TPSA) is 58.6 Å². The maximum Gasteiger partial charge on any atom is 0.240 e. The molecule has 0 radical (unpaired) electrons. The summed E-state index contributed by atoms with van der Waals surface area (Å²) in [5.74, 6) is 1.33. The third-order valence-corrected chi connectivity index (χ3v) is 6.72. The van der Waals surface area contributed by atoms with Gasteiger partial charge in [0.25, 0.3) is 0 Å². The number of para-hydroxylation sites is 1. The zero-order valence-electron chi connectivity index (χ0n) is 16.5. The van der Waals surface area contributed by atoms with E-state index in [-0.39, 0.29) is 4.90 Å². The first-order valence-corrected chi connectivity index (χ1v) is 11.6. The number of likely N-dealkylation sites (tertiary alicyclic amines) is 1. The molecule has 1 atom stereocenters. The molecule has 1 aliphatic rings. The molecule has 1 N–H and O–H groups in total. The molecule has 0 amide bonds. The largest absolute Gasteiger partial charge is 0.457 e. The summed E-state index contributed by atoms with van der Waals surface area (Å²) in [5.41, 5.74) is 0. The highest BCUT2D eigenvalue weighted by molar-refractivity contribution is 7.89. The van der Waals surface area contributed by atoms with E-state index in [0.717, 1.165) is 25.3 Å². The molecule has 0 aliphatic carbocycles. The van der Waals surface area contributed by atoms with Crippen molar-refractivity contribution in [2.45, 2.75) is 50.0 Å². The average molecular weight is 403 g/mol. The van der Waals surface area contributed by atoms with E-state index >= 15 is 0 Å². The lowest BCUT2D eigenvalue weighted by Gasteiger charge is -2.35. The molecule has 1 aliphatic heterocycles. The van der Waals surface area contributed by atoms with E-state index < -0.39 is 10.0 Å².